The van der Waals surface area contributed by atoms with Crippen molar-refractivity contribution >= 4 is 11.6 Å². The molecule has 2 aromatic carbocycles. The van der Waals surface area contributed by atoms with Crippen LogP contribution in [-0.2, 0) is 0 Å². The Hall–Kier alpha value is -3.74. The van der Waals surface area contributed by atoms with Gasteiger partial charge in [0.25, 0.3) is 11.8 Å². The average molecular weight is 393 g/mol. The molecule has 6 nitrogen and oxygen atoms in total. The molecule has 2 aromatic heterocycles. The standard InChI is InChI=1S/C20H14FN3O3.C2H6/c1-12-7-8-14(21)11-16(12)18(25)22-15-5-2-4-13(10-15)19-23-24-20(27-19)17-6-3-9-26-17;1-2/h2-11H,1H3,(H,22,25);1-2H3. The zero-order chi connectivity index (χ0) is 20.8. The lowest BCUT2D eigenvalue weighted by Gasteiger charge is -2.08. The molecule has 0 saturated heterocycles. The number of furan rings is 1. The molecule has 0 fully saturated rings. The maximum atomic E-state index is 13.4. The predicted octanol–water partition coefficient (Wildman–Crippen LogP) is 5.72. The molecule has 0 spiro atoms. The molecule has 4 aromatic rings. The quantitative estimate of drug-likeness (QED) is 0.479. The number of benzene rings is 2. The number of carbonyl (C=O) groups excluding carboxylic acids is 1. The highest BCUT2D eigenvalue weighted by Gasteiger charge is 2.14. The van der Waals surface area contributed by atoms with Gasteiger partial charge in [-0.3, -0.25) is 4.79 Å². The Morgan fingerprint density at radius 2 is 1.79 bits per heavy atom. The minimum Gasteiger partial charge on any atom is -0.459 e. The van der Waals surface area contributed by atoms with Gasteiger partial charge in [-0.2, -0.15) is 0 Å². The normalized spacial score (nSPS) is 10.2. The van der Waals surface area contributed by atoms with Crippen LogP contribution in [0.2, 0.25) is 0 Å². The largest absolute Gasteiger partial charge is 0.459 e. The van der Waals surface area contributed by atoms with Crippen molar-refractivity contribution in [3.63, 3.8) is 0 Å². The second-order valence-corrected chi connectivity index (χ2v) is 5.88. The van der Waals surface area contributed by atoms with Crippen LogP contribution in [0.15, 0.2) is 69.7 Å². The number of aromatic nitrogens is 2. The topological polar surface area (TPSA) is 81.2 Å². The van der Waals surface area contributed by atoms with E-state index >= 15 is 0 Å². The number of hydrogen-bond donors (Lipinski definition) is 1. The number of nitrogens with one attached hydrogen (secondary N) is 1. The zero-order valence-corrected chi connectivity index (χ0v) is 16.3. The van der Waals surface area contributed by atoms with Gasteiger partial charge in [-0.1, -0.05) is 26.0 Å². The van der Waals surface area contributed by atoms with Crippen molar-refractivity contribution in [1.29, 1.82) is 0 Å². The molecule has 0 radical (unpaired) electrons. The zero-order valence-electron chi connectivity index (χ0n) is 16.3. The Labute approximate surface area is 167 Å². The van der Waals surface area contributed by atoms with E-state index in [0.717, 1.165) is 0 Å². The summed E-state index contributed by atoms with van der Waals surface area (Å²) < 4.78 is 24.3. The molecule has 7 heteroatoms. The number of nitrogens with zero attached hydrogens (tertiary/aromatic N) is 2. The molecule has 148 valence electrons. The molecule has 1 N–H and O–H groups in total. The monoisotopic (exact) mass is 393 g/mol. The molecule has 0 aliphatic carbocycles. The molecule has 0 atom stereocenters. The van der Waals surface area contributed by atoms with Crippen LogP contribution in [0.1, 0.15) is 29.8 Å². The van der Waals surface area contributed by atoms with Crippen LogP contribution in [0.5, 0.6) is 0 Å². The van der Waals surface area contributed by atoms with Gasteiger partial charge in [0.05, 0.1) is 6.26 Å². The smallest absolute Gasteiger partial charge is 0.283 e. The van der Waals surface area contributed by atoms with E-state index < -0.39 is 11.7 Å². The Bertz CT molecular complexity index is 1100. The lowest BCUT2D eigenvalue weighted by Crippen LogP contribution is -2.13. The fourth-order valence-corrected chi connectivity index (χ4v) is 2.61. The third-order valence-electron chi connectivity index (χ3n) is 3.97. The summed E-state index contributed by atoms with van der Waals surface area (Å²) in [5, 5.41) is 10.7. The number of halogens is 1. The summed E-state index contributed by atoms with van der Waals surface area (Å²) in [6, 6.07) is 14.5. The molecular weight excluding hydrogens is 373 g/mol. The first-order valence-corrected chi connectivity index (χ1v) is 9.15. The van der Waals surface area contributed by atoms with E-state index in [0.29, 0.717) is 28.5 Å². The van der Waals surface area contributed by atoms with Crippen LogP contribution >= 0.6 is 0 Å². The van der Waals surface area contributed by atoms with Gasteiger partial charge >= 0.3 is 0 Å². The van der Waals surface area contributed by atoms with Gasteiger partial charge < -0.3 is 14.2 Å². The molecule has 4 rings (SSSR count). The van der Waals surface area contributed by atoms with Gasteiger partial charge in [0.1, 0.15) is 5.82 Å². The Balaban J connectivity index is 0.00000117. The Morgan fingerprint density at radius 1 is 1.00 bits per heavy atom. The van der Waals surface area contributed by atoms with E-state index in [1.165, 1.54) is 18.4 Å². The fourth-order valence-electron chi connectivity index (χ4n) is 2.61. The predicted molar refractivity (Wildman–Crippen MR) is 108 cm³/mol. The van der Waals surface area contributed by atoms with Crippen molar-refractivity contribution in [2.24, 2.45) is 0 Å². The van der Waals surface area contributed by atoms with Crippen molar-refractivity contribution in [1.82, 2.24) is 10.2 Å². The average Bonchev–Trinajstić information content (AvgIpc) is 3.43. The second-order valence-electron chi connectivity index (χ2n) is 5.88. The Kier molecular flexibility index (Phi) is 6.19. The van der Waals surface area contributed by atoms with Gasteiger partial charge in [0, 0.05) is 16.8 Å². The van der Waals surface area contributed by atoms with E-state index in [1.54, 1.807) is 49.4 Å². The van der Waals surface area contributed by atoms with E-state index in [4.69, 9.17) is 8.83 Å². The SMILES string of the molecule is CC.Cc1ccc(F)cc1C(=O)Nc1cccc(-c2nnc(-c3ccco3)o2)c1. The summed E-state index contributed by atoms with van der Waals surface area (Å²) in [7, 11) is 0. The summed E-state index contributed by atoms with van der Waals surface area (Å²) in [6.07, 6.45) is 1.52. The van der Waals surface area contributed by atoms with Crippen LogP contribution in [-0.4, -0.2) is 16.1 Å². The molecule has 0 saturated carbocycles. The van der Waals surface area contributed by atoms with Crippen LogP contribution in [0, 0.1) is 12.7 Å². The summed E-state index contributed by atoms with van der Waals surface area (Å²) >= 11 is 0. The van der Waals surface area contributed by atoms with Crippen molar-refractivity contribution in [3.05, 3.63) is 77.8 Å². The van der Waals surface area contributed by atoms with Crippen LogP contribution in [0.25, 0.3) is 23.1 Å². The minimum absolute atomic E-state index is 0.264. The summed E-state index contributed by atoms with van der Waals surface area (Å²) in [5.74, 6) is 0.167. The number of carbonyl (C=O) groups is 1. The lowest BCUT2D eigenvalue weighted by molar-refractivity contribution is 0.102. The molecule has 0 unspecified atom stereocenters. The maximum absolute atomic E-state index is 13.4. The first-order valence-electron chi connectivity index (χ1n) is 9.15. The van der Waals surface area contributed by atoms with Gasteiger partial charge in [-0.05, 0) is 55.0 Å². The highest BCUT2D eigenvalue weighted by atomic mass is 19.1. The van der Waals surface area contributed by atoms with Crippen molar-refractivity contribution in [2.75, 3.05) is 5.32 Å². The van der Waals surface area contributed by atoms with Crippen molar-refractivity contribution < 1.29 is 18.0 Å². The summed E-state index contributed by atoms with van der Waals surface area (Å²) in [4.78, 5) is 12.5. The number of hydrogen-bond acceptors (Lipinski definition) is 5. The number of rotatable bonds is 4. The lowest BCUT2D eigenvalue weighted by atomic mass is 10.1. The number of amides is 1. The first kappa shape index (κ1) is 20.0. The fraction of sp³-hybridized carbons (Fsp3) is 0.136. The number of anilines is 1. The van der Waals surface area contributed by atoms with Crippen LogP contribution < -0.4 is 5.32 Å². The second kappa shape index (κ2) is 8.97. The van der Waals surface area contributed by atoms with Gasteiger partial charge in [0.15, 0.2) is 5.76 Å². The van der Waals surface area contributed by atoms with E-state index in [-0.39, 0.29) is 11.5 Å². The molecular formula is C22H20FN3O3. The summed E-state index contributed by atoms with van der Waals surface area (Å²) in [6.45, 7) is 5.75. The highest BCUT2D eigenvalue weighted by Crippen LogP contribution is 2.26. The molecule has 29 heavy (non-hydrogen) atoms. The molecule has 0 aliphatic heterocycles. The van der Waals surface area contributed by atoms with Gasteiger partial charge in [0.2, 0.25) is 5.89 Å². The third kappa shape index (κ3) is 4.57. The van der Waals surface area contributed by atoms with Crippen LogP contribution in [0.4, 0.5) is 10.1 Å². The molecule has 1 amide bonds. The third-order valence-corrected chi connectivity index (χ3v) is 3.97. The first-order chi connectivity index (χ1) is 14.1. The van der Waals surface area contributed by atoms with Crippen molar-refractivity contribution in [2.45, 2.75) is 20.8 Å². The highest BCUT2D eigenvalue weighted by molar-refractivity contribution is 6.05. The molecule has 0 bridgehead atoms. The number of aryl methyl sites for hydroxylation is 1. The van der Waals surface area contributed by atoms with E-state index in [1.807, 2.05) is 13.8 Å². The van der Waals surface area contributed by atoms with Crippen molar-refractivity contribution in [3.8, 4) is 23.1 Å². The summed E-state index contributed by atoms with van der Waals surface area (Å²) in [5.41, 5.74) is 2.12. The van der Waals surface area contributed by atoms with E-state index in [9.17, 15) is 9.18 Å². The van der Waals surface area contributed by atoms with Crippen LogP contribution in [0.3, 0.4) is 0 Å². The Morgan fingerprint density at radius 3 is 2.55 bits per heavy atom. The minimum atomic E-state index is -0.462. The van der Waals surface area contributed by atoms with Gasteiger partial charge in [-0.15, -0.1) is 10.2 Å². The molecule has 2 heterocycles. The van der Waals surface area contributed by atoms with E-state index in [2.05, 4.69) is 15.5 Å². The maximum Gasteiger partial charge on any atom is 0.283 e. The van der Waals surface area contributed by atoms with Gasteiger partial charge in [-0.25, -0.2) is 4.39 Å². The molecule has 0 aliphatic rings.